The van der Waals surface area contributed by atoms with Crippen LogP contribution in [0.2, 0.25) is 0 Å². The summed E-state index contributed by atoms with van der Waals surface area (Å²) in [5, 5.41) is 1.35. The number of aromatic nitrogens is 1. The van der Waals surface area contributed by atoms with Crippen molar-refractivity contribution in [2.75, 3.05) is 6.61 Å². The second-order valence-corrected chi connectivity index (χ2v) is 6.12. The molecule has 2 nitrogen and oxygen atoms in total. The molecule has 2 aromatic carbocycles. The highest BCUT2D eigenvalue weighted by Crippen LogP contribution is 2.19. The van der Waals surface area contributed by atoms with Crippen LogP contribution in [0.25, 0.3) is 10.9 Å². The Bertz CT molecular complexity index is 755. The predicted molar refractivity (Wildman–Crippen MR) is 97.2 cm³/mol. The van der Waals surface area contributed by atoms with Gasteiger partial charge in [0.1, 0.15) is 5.75 Å². The Hall–Kier alpha value is -2.22. The van der Waals surface area contributed by atoms with Crippen LogP contribution in [-0.4, -0.2) is 11.2 Å². The lowest BCUT2D eigenvalue weighted by atomic mass is 10.1. The van der Waals surface area contributed by atoms with Gasteiger partial charge in [-0.3, -0.25) is 0 Å². The first-order valence-electron chi connectivity index (χ1n) is 8.53. The van der Waals surface area contributed by atoms with E-state index in [1.165, 1.54) is 22.0 Å². The molecule has 0 atom stereocenters. The van der Waals surface area contributed by atoms with Gasteiger partial charge in [-0.25, -0.2) is 0 Å². The Kier molecular flexibility index (Phi) is 5.02. The van der Waals surface area contributed by atoms with Gasteiger partial charge >= 0.3 is 0 Å². The Balaban J connectivity index is 1.48. The highest BCUT2D eigenvalue weighted by atomic mass is 16.5. The zero-order chi connectivity index (χ0) is 16.1. The van der Waals surface area contributed by atoms with Crippen LogP contribution in [-0.2, 0) is 13.0 Å². The van der Waals surface area contributed by atoms with Gasteiger partial charge in [0, 0.05) is 18.3 Å². The van der Waals surface area contributed by atoms with Crippen molar-refractivity contribution in [1.82, 2.24) is 4.57 Å². The monoisotopic (exact) mass is 307 g/mol. The number of hydrogen-bond donors (Lipinski definition) is 0. The third kappa shape index (κ3) is 3.95. The highest BCUT2D eigenvalue weighted by Gasteiger charge is 2.02. The van der Waals surface area contributed by atoms with E-state index in [4.69, 9.17) is 4.74 Å². The van der Waals surface area contributed by atoms with E-state index in [0.717, 1.165) is 38.2 Å². The lowest BCUT2D eigenvalue weighted by Gasteiger charge is -2.08. The van der Waals surface area contributed by atoms with Crippen molar-refractivity contribution in [3.8, 4) is 5.75 Å². The fourth-order valence-corrected chi connectivity index (χ4v) is 2.87. The van der Waals surface area contributed by atoms with Gasteiger partial charge in [0.15, 0.2) is 0 Å². The van der Waals surface area contributed by atoms with Gasteiger partial charge in [0.05, 0.1) is 6.61 Å². The minimum atomic E-state index is 0.780. The summed E-state index contributed by atoms with van der Waals surface area (Å²) in [6.45, 7) is 6.12. The number of aryl methyl sites for hydroxylation is 3. The van der Waals surface area contributed by atoms with E-state index >= 15 is 0 Å². The van der Waals surface area contributed by atoms with Crippen molar-refractivity contribution < 1.29 is 4.74 Å². The molecule has 0 fully saturated rings. The maximum absolute atomic E-state index is 5.79. The van der Waals surface area contributed by atoms with Crippen molar-refractivity contribution in [3.05, 3.63) is 65.9 Å². The van der Waals surface area contributed by atoms with Crippen molar-refractivity contribution in [3.63, 3.8) is 0 Å². The van der Waals surface area contributed by atoms with E-state index in [9.17, 15) is 0 Å². The van der Waals surface area contributed by atoms with Crippen LogP contribution < -0.4 is 4.74 Å². The lowest BCUT2D eigenvalue weighted by Crippen LogP contribution is -2.01. The van der Waals surface area contributed by atoms with Crippen LogP contribution in [0, 0.1) is 6.92 Å². The summed E-state index contributed by atoms with van der Waals surface area (Å²) in [6, 6.07) is 17.3. The number of fused-ring (bicyclic) bond motifs is 1. The van der Waals surface area contributed by atoms with Crippen molar-refractivity contribution >= 4 is 10.9 Å². The molecule has 0 aliphatic heterocycles. The molecule has 23 heavy (non-hydrogen) atoms. The number of benzene rings is 2. The van der Waals surface area contributed by atoms with E-state index in [0.29, 0.717) is 0 Å². The molecule has 3 aromatic rings. The van der Waals surface area contributed by atoms with Crippen LogP contribution >= 0.6 is 0 Å². The Morgan fingerprint density at radius 3 is 2.57 bits per heavy atom. The predicted octanol–water partition coefficient (Wildman–Crippen LogP) is 5.37. The summed E-state index contributed by atoms with van der Waals surface area (Å²) in [4.78, 5) is 0. The first-order chi connectivity index (χ1) is 11.3. The topological polar surface area (TPSA) is 14.2 Å². The summed E-state index contributed by atoms with van der Waals surface area (Å²) in [7, 11) is 0. The molecular weight excluding hydrogens is 282 g/mol. The molecule has 0 saturated heterocycles. The molecule has 0 saturated carbocycles. The normalized spacial score (nSPS) is 11.0. The minimum absolute atomic E-state index is 0.780. The molecule has 0 N–H and O–H groups in total. The molecule has 3 rings (SSSR count). The Morgan fingerprint density at radius 2 is 1.78 bits per heavy atom. The molecule has 120 valence electrons. The van der Waals surface area contributed by atoms with Crippen LogP contribution in [0.3, 0.4) is 0 Å². The summed E-state index contributed by atoms with van der Waals surface area (Å²) in [6.07, 6.45) is 5.49. The van der Waals surface area contributed by atoms with Gasteiger partial charge in [0.25, 0.3) is 0 Å². The third-order valence-electron chi connectivity index (χ3n) is 4.33. The standard InChI is InChI=1S/C21H25NO/c1-3-18-8-11-21-19(16-18)12-14-22(21)13-4-5-15-23-20-9-6-17(2)7-10-20/h6-12,14,16H,3-5,13,15H2,1-2H3. The smallest absolute Gasteiger partial charge is 0.119 e. The van der Waals surface area contributed by atoms with Gasteiger partial charge < -0.3 is 9.30 Å². The highest BCUT2D eigenvalue weighted by molar-refractivity contribution is 5.80. The van der Waals surface area contributed by atoms with Gasteiger partial charge in [-0.2, -0.15) is 0 Å². The van der Waals surface area contributed by atoms with Crippen LogP contribution in [0.1, 0.15) is 30.9 Å². The zero-order valence-electron chi connectivity index (χ0n) is 14.1. The first kappa shape index (κ1) is 15.7. The quantitative estimate of drug-likeness (QED) is 0.535. The zero-order valence-corrected chi connectivity index (χ0v) is 14.1. The molecule has 0 aliphatic rings. The molecular formula is C21H25NO. The second kappa shape index (κ2) is 7.36. The summed E-state index contributed by atoms with van der Waals surface area (Å²) < 4.78 is 8.14. The molecule has 0 amide bonds. The maximum Gasteiger partial charge on any atom is 0.119 e. The molecule has 0 unspecified atom stereocenters. The number of rotatable bonds is 7. The van der Waals surface area contributed by atoms with E-state index < -0.39 is 0 Å². The molecule has 1 heterocycles. The van der Waals surface area contributed by atoms with Crippen molar-refractivity contribution in [2.45, 2.75) is 39.7 Å². The molecule has 0 spiro atoms. The van der Waals surface area contributed by atoms with Crippen LogP contribution in [0.5, 0.6) is 5.75 Å². The first-order valence-corrected chi connectivity index (χ1v) is 8.53. The van der Waals surface area contributed by atoms with Gasteiger partial charge in [-0.15, -0.1) is 0 Å². The Labute approximate surface area is 138 Å². The third-order valence-corrected chi connectivity index (χ3v) is 4.33. The minimum Gasteiger partial charge on any atom is -0.494 e. The van der Waals surface area contributed by atoms with Gasteiger partial charge in [-0.1, -0.05) is 30.7 Å². The van der Waals surface area contributed by atoms with E-state index in [-0.39, 0.29) is 0 Å². The molecule has 2 heteroatoms. The number of nitrogens with zero attached hydrogens (tertiary/aromatic N) is 1. The Morgan fingerprint density at radius 1 is 0.957 bits per heavy atom. The number of ether oxygens (including phenoxy) is 1. The SMILES string of the molecule is CCc1ccc2c(ccn2CCCCOc2ccc(C)cc2)c1. The summed E-state index contributed by atoms with van der Waals surface area (Å²) in [5.41, 5.74) is 4.01. The maximum atomic E-state index is 5.79. The largest absolute Gasteiger partial charge is 0.494 e. The van der Waals surface area contributed by atoms with Crippen LogP contribution in [0.4, 0.5) is 0 Å². The van der Waals surface area contributed by atoms with E-state index in [1.54, 1.807) is 0 Å². The van der Waals surface area contributed by atoms with Crippen molar-refractivity contribution in [2.24, 2.45) is 0 Å². The van der Waals surface area contributed by atoms with Gasteiger partial charge in [-0.05, 0) is 67.5 Å². The molecule has 0 radical (unpaired) electrons. The van der Waals surface area contributed by atoms with Crippen LogP contribution in [0.15, 0.2) is 54.7 Å². The average Bonchev–Trinajstić information content (AvgIpc) is 2.98. The average molecular weight is 307 g/mol. The number of unbranched alkanes of at least 4 members (excludes halogenated alkanes) is 1. The van der Waals surface area contributed by atoms with Crippen molar-refractivity contribution in [1.29, 1.82) is 0 Å². The molecule has 0 bridgehead atoms. The fraction of sp³-hybridized carbons (Fsp3) is 0.333. The fourth-order valence-electron chi connectivity index (χ4n) is 2.87. The van der Waals surface area contributed by atoms with E-state index in [1.807, 2.05) is 12.1 Å². The lowest BCUT2D eigenvalue weighted by molar-refractivity contribution is 0.303. The number of hydrogen-bond acceptors (Lipinski definition) is 1. The molecule has 0 aliphatic carbocycles. The molecule has 1 aromatic heterocycles. The van der Waals surface area contributed by atoms with Gasteiger partial charge in [0.2, 0.25) is 0 Å². The summed E-state index contributed by atoms with van der Waals surface area (Å²) in [5.74, 6) is 0.967. The second-order valence-electron chi connectivity index (χ2n) is 6.12. The summed E-state index contributed by atoms with van der Waals surface area (Å²) >= 11 is 0. The van der Waals surface area contributed by atoms with E-state index in [2.05, 4.69) is 61.0 Å².